The lowest BCUT2D eigenvalue weighted by atomic mass is 10.0. The third-order valence-electron chi connectivity index (χ3n) is 5.74. The summed E-state index contributed by atoms with van der Waals surface area (Å²) in [5.41, 5.74) is 0. The van der Waals surface area contributed by atoms with E-state index in [1.165, 1.54) is 19.3 Å². The number of hydrogen-bond donors (Lipinski definition) is 0. The lowest BCUT2D eigenvalue weighted by Gasteiger charge is -2.36. The van der Waals surface area contributed by atoms with Gasteiger partial charge in [-0.05, 0) is 52.0 Å². The van der Waals surface area contributed by atoms with Gasteiger partial charge in [-0.2, -0.15) is 4.98 Å². The first-order valence-electron chi connectivity index (χ1n) is 9.01. The van der Waals surface area contributed by atoms with Crippen LogP contribution >= 0.6 is 0 Å². The van der Waals surface area contributed by atoms with Crippen LogP contribution in [-0.2, 0) is 4.79 Å². The van der Waals surface area contributed by atoms with Crippen molar-refractivity contribution in [2.24, 2.45) is 0 Å². The standard InChI is InChI=1S/C17H26N4O2/c1-11(17-18-16(19-23-17)13-7-8-13)20-9-3-5-14(20)15-6-4-10-21(15)12(2)22/h11,13-15H,3-10H2,1-2H3. The molecule has 1 saturated carbocycles. The second-order valence-corrected chi connectivity index (χ2v) is 7.31. The first-order valence-corrected chi connectivity index (χ1v) is 9.01. The van der Waals surface area contributed by atoms with Crippen molar-refractivity contribution >= 4 is 5.91 Å². The zero-order chi connectivity index (χ0) is 16.0. The molecule has 3 fully saturated rings. The fourth-order valence-electron chi connectivity index (χ4n) is 4.36. The molecule has 3 heterocycles. The minimum absolute atomic E-state index is 0.136. The average molecular weight is 318 g/mol. The van der Waals surface area contributed by atoms with Gasteiger partial charge in [0.05, 0.1) is 6.04 Å². The minimum atomic E-state index is 0.136. The Morgan fingerprint density at radius 2 is 1.91 bits per heavy atom. The van der Waals surface area contributed by atoms with Crippen LogP contribution in [-0.4, -0.2) is 51.0 Å². The van der Waals surface area contributed by atoms with Crippen molar-refractivity contribution in [3.05, 3.63) is 11.7 Å². The summed E-state index contributed by atoms with van der Waals surface area (Å²) >= 11 is 0. The van der Waals surface area contributed by atoms with Gasteiger partial charge in [0.1, 0.15) is 0 Å². The fourth-order valence-corrected chi connectivity index (χ4v) is 4.36. The average Bonchev–Trinajstić information content (AvgIpc) is 3.02. The third-order valence-corrected chi connectivity index (χ3v) is 5.74. The predicted octanol–water partition coefficient (Wildman–Crippen LogP) is 2.48. The Kier molecular flexibility index (Phi) is 3.87. The van der Waals surface area contributed by atoms with Crippen LogP contribution < -0.4 is 0 Å². The Morgan fingerprint density at radius 3 is 2.65 bits per heavy atom. The summed E-state index contributed by atoms with van der Waals surface area (Å²) in [6.07, 6.45) is 6.95. The van der Waals surface area contributed by atoms with E-state index in [1.54, 1.807) is 6.92 Å². The maximum absolute atomic E-state index is 11.9. The lowest BCUT2D eigenvalue weighted by Crippen LogP contribution is -2.48. The third kappa shape index (κ3) is 2.77. The molecule has 2 aliphatic heterocycles. The summed E-state index contributed by atoms with van der Waals surface area (Å²) < 4.78 is 5.54. The highest BCUT2D eigenvalue weighted by atomic mass is 16.5. The number of hydrogen-bond acceptors (Lipinski definition) is 5. The van der Waals surface area contributed by atoms with E-state index in [-0.39, 0.29) is 11.9 Å². The molecule has 1 aromatic rings. The van der Waals surface area contributed by atoms with Crippen LogP contribution in [0.15, 0.2) is 4.52 Å². The van der Waals surface area contributed by atoms with E-state index in [1.807, 2.05) is 0 Å². The van der Waals surface area contributed by atoms with Crippen LogP contribution in [0.25, 0.3) is 0 Å². The van der Waals surface area contributed by atoms with Gasteiger partial charge in [-0.3, -0.25) is 9.69 Å². The van der Waals surface area contributed by atoms with Gasteiger partial charge in [0.15, 0.2) is 5.82 Å². The smallest absolute Gasteiger partial charge is 0.243 e. The van der Waals surface area contributed by atoms with Crippen LogP contribution in [0.1, 0.15) is 76.0 Å². The molecule has 3 unspecified atom stereocenters. The van der Waals surface area contributed by atoms with Crippen molar-refractivity contribution in [2.75, 3.05) is 13.1 Å². The Hall–Kier alpha value is -1.43. The van der Waals surface area contributed by atoms with Gasteiger partial charge in [0, 0.05) is 31.5 Å². The van der Waals surface area contributed by atoms with Crippen LogP contribution in [0.2, 0.25) is 0 Å². The molecule has 6 heteroatoms. The van der Waals surface area contributed by atoms with E-state index in [0.29, 0.717) is 18.0 Å². The van der Waals surface area contributed by atoms with Crippen LogP contribution in [0, 0.1) is 0 Å². The second-order valence-electron chi connectivity index (χ2n) is 7.31. The number of nitrogens with zero attached hydrogens (tertiary/aromatic N) is 4. The van der Waals surface area contributed by atoms with Crippen LogP contribution in [0.5, 0.6) is 0 Å². The van der Waals surface area contributed by atoms with Gasteiger partial charge < -0.3 is 9.42 Å². The Bertz CT molecular complexity index is 583. The van der Waals surface area contributed by atoms with Crippen molar-refractivity contribution in [2.45, 2.75) is 76.4 Å². The molecule has 0 radical (unpaired) electrons. The molecule has 6 nitrogen and oxygen atoms in total. The van der Waals surface area contributed by atoms with E-state index in [9.17, 15) is 4.79 Å². The Labute approximate surface area is 137 Å². The minimum Gasteiger partial charge on any atom is -0.338 e. The maximum atomic E-state index is 11.9. The number of amides is 1. The van der Waals surface area contributed by atoms with E-state index in [2.05, 4.69) is 26.9 Å². The van der Waals surface area contributed by atoms with Gasteiger partial charge in [0.2, 0.25) is 11.8 Å². The normalized spacial score (nSPS) is 30.1. The summed E-state index contributed by atoms with van der Waals surface area (Å²) in [6, 6.07) is 0.910. The number of aromatic nitrogens is 2. The monoisotopic (exact) mass is 318 g/mol. The molecular formula is C17H26N4O2. The number of carbonyl (C=O) groups is 1. The highest BCUT2D eigenvalue weighted by Crippen LogP contribution is 2.40. The molecule has 1 aliphatic carbocycles. The zero-order valence-electron chi connectivity index (χ0n) is 14.1. The maximum Gasteiger partial charge on any atom is 0.243 e. The Morgan fingerprint density at radius 1 is 1.17 bits per heavy atom. The van der Waals surface area contributed by atoms with E-state index in [0.717, 1.165) is 44.1 Å². The van der Waals surface area contributed by atoms with Gasteiger partial charge >= 0.3 is 0 Å². The highest BCUT2D eigenvalue weighted by Gasteiger charge is 2.42. The first kappa shape index (κ1) is 15.1. The predicted molar refractivity (Wildman–Crippen MR) is 84.8 cm³/mol. The summed E-state index contributed by atoms with van der Waals surface area (Å²) in [4.78, 5) is 21.1. The molecule has 0 bridgehead atoms. The van der Waals surface area contributed by atoms with Crippen molar-refractivity contribution < 1.29 is 9.32 Å². The van der Waals surface area contributed by atoms with Crippen molar-refractivity contribution in [1.29, 1.82) is 0 Å². The van der Waals surface area contributed by atoms with Gasteiger partial charge in [-0.15, -0.1) is 0 Å². The largest absolute Gasteiger partial charge is 0.338 e. The molecule has 1 amide bonds. The van der Waals surface area contributed by atoms with E-state index < -0.39 is 0 Å². The van der Waals surface area contributed by atoms with Gasteiger partial charge in [-0.25, -0.2) is 0 Å². The van der Waals surface area contributed by atoms with Crippen molar-refractivity contribution in [3.8, 4) is 0 Å². The molecule has 0 aromatic carbocycles. The van der Waals surface area contributed by atoms with Crippen molar-refractivity contribution in [1.82, 2.24) is 19.9 Å². The molecule has 126 valence electrons. The van der Waals surface area contributed by atoms with Gasteiger partial charge in [-0.1, -0.05) is 5.16 Å². The van der Waals surface area contributed by atoms with Crippen LogP contribution in [0.4, 0.5) is 0 Å². The highest BCUT2D eigenvalue weighted by molar-refractivity contribution is 5.74. The summed E-state index contributed by atoms with van der Waals surface area (Å²) in [6.45, 7) is 5.82. The molecule has 0 N–H and O–H groups in total. The molecule has 3 aliphatic rings. The lowest BCUT2D eigenvalue weighted by molar-refractivity contribution is -0.130. The molecule has 4 rings (SSSR count). The number of carbonyl (C=O) groups excluding carboxylic acids is 1. The second kappa shape index (κ2) is 5.89. The molecular weight excluding hydrogens is 292 g/mol. The van der Waals surface area contributed by atoms with E-state index >= 15 is 0 Å². The molecule has 1 aromatic heterocycles. The summed E-state index contributed by atoms with van der Waals surface area (Å²) in [5, 5.41) is 4.16. The summed E-state index contributed by atoms with van der Waals surface area (Å²) in [5.74, 6) is 2.36. The Balaban J connectivity index is 1.51. The molecule has 3 atom stereocenters. The molecule has 0 spiro atoms. The number of rotatable bonds is 4. The van der Waals surface area contributed by atoms with E-state index in [4.69, 9.17) is 4.52 Å². The summed E-state index contributed by atoms with van der Waals surface area (Å²) in [7, 11) is 0. The van der Waals surface area contributed by atoms with Crippen LogP contribution in [0.3, 0.4) is 0 Å². The first-order chi connectivity index (χ1) is 11.1. The quantitative estimate of drug-likeness (QED) is 0.853. The molecule has 2 saturated heterocycles. The zero-order valence-corrected chi connectivity index (χ0v) is 14.1. The SMILES string of the molecule is CC(=O)N1CCCC1C1CCCN1C(C)c1nc(C2CC2)no1. The van der Waals surface area contributed by atoms with Crippen molar-refractivity contribution in [3.63, 3.8) is 0 Å². The fraction of sp³-hybridized carbons (Fsp3) is 0.824. The number of likely N-dealkylation sites (tertiary alicyclic amines) is 2. The van der Waals surface area contributed by atoms with Gasteiger partial charge in [0.25, 0.3) is 0 Å². The topological polar surface area (TPSA) is 62.5 Å². The molecule has 23 heavy (non-hydrogen) atoms.